The Balaban J connectivity index is 0.000000324. The molecule has 25 heteroatoms. The predicted molar refractivity (Wildman–Crippen MR) is 307 cm³/mol. The van der Waals surface area contributed by atoms with Gasteiger partial charge < -0.3 is 45.0 Å². The van der Waals surface area contributed by atoms with Crippen molar-refractivity contribution in [1.29, 1.82) is 0 Å². The van der Waals surface area contributed by atoms with E-state index in [4.69, 9.17) is 51.9 Å². The first-order chi connectivity index (χ1) is 39.2. The molecule has 7 heterocycles. The number of anilines is 1. The molecule has 22 nitrogen and oxygen atoms in total. The number of primary sulfonamides is 1. The first-order valence-corrected chi connectivity index (χ1v) is 30.4. The summed E-state index contributed by atoms with van der Waals surface area (Å²) < 4.78 is 80.2. The quantitative estimate of drug-likeness (QED) is 0.0588. The standard InChI is InChI=1S/C45H50ClN7O7S.C12H17N3O5S/c1-45(2)13-9-32(39(24-45)30-3-5-33(46)6-4-30)27-52-15-17-53(18-16-52)34-7-8-37(40(22-34)60-35-21-31-10-14-48-42(31)49-25-35)43(55)51-61(56,57)36-23-38(41(47)54)44(50-26-36)59-28-29-11-19-58-20-12-29;13-11(16)10-5-9(21(14,17)18)6-15-12(10)20-7-8-1-3-19-4-2-8/h3-8,10,14,21-23,25-26,29H,9,11-13,15-20,24,27-28H2,1-2H3,(H2,47,54)(H,48,49)(H,51,55);5-6,8H,1-4,7H2,(H2,13,16)(H2,14,17,18). The van der Waals surface area contributed by atoms with Crippen LogP contribution in [-0.4, -0.2) is 132 Å². The average Bonchev–Trinajstić information content (AvgIpc) is 4.02. The minimum atomic E-state index is -4.55. The van der Waals surface area contributed by atoms with Crippen molar-refractivity contribution < 1.29 is 54.9 Å². The molecule has 3 aliphatic heterocycles. The highest BCUT2D eigenvalue weighted by Crippen LogP contribution is 2.44. The van der Waals surface area contributed by atoms with Crippen LogP contribution in [0.25, 0.3) is 16.6 Å². The van der Waals surface area contributed by atoms with E-state index in [1.807, 2.05) is 18.2 Å². The Morgan fingerprint density at radius 1 is 0.756 bits per heavy atom. The number of allylic oxidation sites excluding steroid dienone is 1. The number of primary amides is 2. The van der Waals surface area contributed by atoms with E-state index in [9.17, 15) is 31.2 Å². The highest BCUT2D eigenvalue weighted by Gasteiger charge is 2.31. The van der Waals surface area contributed by atoms with Crippen LogP contribution in [0.2, 0.25) is 5.02 Å². The highest BCUT2D eigenvalue weighted by atomic mass is 35.5. The van der Waals surface area contributed by atoms with Crippen molar-refractivity contribution in [2.24, 2.45) is 33.9 Å². The van der Waals surface area contributed by atoms with Crippen molar-refractivity contribution in [1.82, 2.24) is 29.6 Å². The van der Waals surface area contributed by atoms with Gasteiger partial charge in [0.2, 0.25) is 21.8 Å². The van der Waals surface area contributed by atoms with Crippen LogP contribution in [0.5, 0.6) is 23.3 Å². The number of amides is 3. The van der Waals surface area contributed by atoms with E-state index in [0.29, 0.717) is 50.3 Å². The number of H-pyrrole nitrogens is 1. The summed E-state index contributed by atoms with van der Waals surface area (Å²) in [5.74, 6) is -1.76. The smallest absolute Gasteiger partial charge is 0.268 e. The lowest BCUT2D eigenvalue weighted by atomic mass is 9.72. The van der Waals surface area contributed by atoms with Crippen LogP contribution >= 0.6 is 11.6 Å². The van der Waals surface area contributed by atoms with E-state index in [-0.39, 0.29) is 57.0 Å². The van der Waals surface area contributed by atoms with E-state index in [1.54, 1.807) is 30.5 Å². The monoisotopic (exact) mass is 1180 g/mol. The van der Waals surface area contributed by atoms with Gasteiger partial charge in [0.05, 0.1) is 37.4 Å². The van der Waals surface area contributed by atoms with Crippen molar-refractivity contribution >= 4 is 71.7 Å². The average molecular weight is 1180 g/mol. The topological polar surface area (TPSA) is 317 Å². The van der Waals surface area contributed by atoms with Crippen molar-refractivity contribution in [3.8, 4) is 23.3 Å². The molecule has 436 valence electrons. The van der Waals surface area contributed by atoms with Gasteiger partial charge in [-0.1, -0.05) is 43.2 Å². The molecule has 10 rings (SSSR count). The number of fused-ring (bicyclic) bond motifs is 1. The maximum absolute atomic E-state index is 13.9. The van der Waals surface area contributed by atoms with Crippen molar-refractivity contribution in [3.05, 3.63) is 124 Å². The number of halogens is 1. The van der Waals surface area contributed by atoms with Gasteiger partial charge in [-0.2, -0.15) is 0 Å². The normalized spacial score (nSPS) is 17.4. The SMILES string of the molecule is CC1(C)CCC(CN2CCN(c3ccc(C(=O)NS(=O)(=O)c4cnc(OCC5CCOCC5)c(C(N)=O)c4)c(Oc4cnc5[nH]ccc5c4)c3)CC2)=C(c2ccc(Cl)cc2)C1.NC(=O)c1cc(S(N)(=O)=O)cnc1OCC1CCOCC1. The van der Waals surface area contributed by atoms with E-state index < -0.39 is 42.7 Å². The fourth-order valence-electron chi connectivity index (χ4n) is 10.2. The van der Waals surface area contributed by atoms with E-state index in [1.165, 1.54) is 22.9 Å². The van der Waals surface area contributed by atoms with Crippen LogP contribution < -0.4 is 40.4 Å². The first-order valence-electron chi connectivity index (χ1n) is 27.0. The number of aromatic amines is 1. The summed E-state index contributed by atoms with van der Waals surface area (Å²) in [5, 5.41) is 6.52. The zero-order chi connectivity index (χ0) is 58.2. The molecule has 0 unspecified atom stereocenters. The lowest BCUT2D eigenvalue weighted by Gasteiger charge is -2.39. The van der Waals surface area contributed by atoms with Crippen LogP contribution in [0, 0.1) is 17.3 Å². The minimum absolute atomic E-state index is 0.0152. The molecule has 0 spiro atoms. The van der Waals surface area contributed by atoms with Gasteiger partial charge in [-0.25, -0.2) is 41.6 Å². The number of nitrogens with two attached hydrogens (primary N) is 3. The Morgan fingerprint density at radius 3 is 1.95 bits per heavy atom. The molecule has 4 aromatic heterocycles. The number of hydrogen-bond donors (Lipinski definition) is 5. The highest BCUT2D eigenvalue weighted by molar-refractivity contribution is 7.90. The zero-order valence-corrected chi connectivity index (χ0v) is 48.0. The molecule has 0 saturated carbocycles. The van der Waals surface area contributed by atoms with Crippen LogP contribution in [0.3, 0.4) is 0 Å². The molecule has 1 aliphatic carbocycles. The molecule has 0 bridgehead atoms. The minimum Gasteiger partial charge on any atom is -0.477 e. The number of piperazine rings is 1. The molecule has 4 aliphatic rings. The Morgan fingerprint density at radius 2 is 1.35 bits per heavy atom. The summed E-state index contributed by atoms with van der Waals surface area (Å²) in [7, 11) is -8.50. The molecular formula is C57H67ClN10O12S2. The summed E-state index contributed by atoms with van der Waals surface area (Å²) in [6.45, 7) is 11.9. The number of rotatable bonds is 18. The number of nitrogens with zero attached hydrogens (tertiary/aromatic N) is 5. The Labute approximate surface area is 481 Å². The molecule has 8 N–H and O–H groups in total. The van der Waals surface area contributed by atoms with Gasteiger partial charge in [-0.3, -0.25) is 19.3 Å². The lowest BCUT2D eigenvalue weighted by molar-refractivity contribution is 0.0487. The molecule has 6 aromatic rings. The van der Waals surface area contributed by atoms with Crippen molar-refractivity contribution in [2.45, 2.75) is 68.6 Å². The lowest BCUT2D eigenvalue weighted by Crippen LogP contribution is -2.47. The molecule has 0 atom stereocenters. The second-order valence-corrected chi connectivity index (χ2v) is 25.2. The number of benzene rings is 2. The number of carbonyl (C=O) groups is 3. The van der Waals surface area contributed by atoms with Crippen molar-refractivity contribution in [2.75, 3.05) is 77.3 Å². The number of pyridine rings is 3. The number of ether oxygens (including phenoxy) is 5. The number of sulfonamides is 2. The van der Waals surface area contributed by atoms with Gasteiger partial charge in [0.1, 0.15) is 38.1 Å². The fraction of sp³-hybridized carbons (Fsp3) is 0.404. The largest absolute Gasteiger partial charge is 0.477 e. The third-order valence-corrected chi connectivity index (χ3v) is 17.4. The molecule has 3 saturated heterocycles. The Hall–Kier alpha value is -7.19. The summed E-state index contributed by atoms with van der Waals surface area (Å²) in [5.41, 5.74) is 16.3. The fourth-order valence-corrected chi connectivity index (χ4v) is 11.7. The van der Waals surface area contributed by atoms with Gasteiger partial charge in [0, 0.05) is 87.5 Å². The molecule has 2 aromatic carbocycles. The predicted octanol–water partition coefficient (Wildman–Crippen LogP) is 6.85. The summed E-state index contributed by atoms with van der Waals surface area (Å²) in [4.78, 5) is 57.2. The number of carbonyl (C=O) groups excluding carboxylic acids is 3. The van der Waals surface area contributed by atoms with E-state index in [2.05, 4.69) is 60.4 Å². The van der Waals surface area contributed by atoms with Crippen LogP contribution in [-0.2, 0) is 29.5 Å². The molecule has 3 fully saturated rings. The van der Waals surface area contributed by atoms with Gasteiger partial charge in [-0.15, -0.1) is 0 Å². The van der Waals surface area contributed by atoms with Gasteiger partial charge in [-0.05, 0) is 122 Å². The van der Waals surface area contributed by atoms with Crippen LogP contribution in [0.15, 0.2) is 107 Å². The van der Waals surface area contributed by atoms with Crippen molar-refractivity contribution in [3.63, 3.8) is 0 Å². The maximum Gasteiger partial charge on any atom is 0.268 e. The second-order valence-electron chi connectivity index (χ2n) is 21.6. The third kappa shape index (κ3) is 15.3. The van der Waals surface area contributed by atoms with E-state index >= 15 is 0 Å². The number of aromatic nitrogens is 4. The van der Waals surface area contributed by atoms with Crippen LogP contribution in [0.4, 0.5) is 5.69 Å². The summed E-state index contributed by atoms with van der Waals surface area (Å²) >= 11 is 6.24. The molecular weight excluding hydrogens is 1120 g/mol. The van der Waals surface area contributed by atoms with Gasteiger partial charge in [0.15, 0.2) is 0 Å². The molecule has 0 radical (unpaired) electrons. The first kappa shape index (κ1) is 59.4. The molecule has 82 heavy (non-hydrogen) atoms. The maximum atomic E-state index is 13.9. The zero-order valence-electron chi connectivity index (χ0n) is 45.6. The van der Waals surface area contributed by atoms with Crippen LogP contribution in [0.1, 0.15) is 95.4 Å². The number of hydrogen-bond acceptors (Lipinski definition) is 17. The summed E-state index contributed by atoms with van der Waals surface area (Å²) in [6.07, 6.45) is 11.9. The van der Waals surface area contributed by atoms with Gasteiger partial charge in [0.25, 0.3) is 27.7 Å². The third-order valence-electron chi connectivity index (χ3n) is 15.0. The summed E-state index contributed by atoms with van der Waals surface area (Å²) in [6, 6.07) is 19.0. The van der Waals surface area contributed by atoms with Gasteiger partial charge >= 0.3 is 0 Å². The Kier molecular flexibility index (Phi) is 18.8. The second kappa shape index (κ2) is 25.9. The Bertz CT molecular complexity index is 3560. The van der Waals surface area contributed by atoms with E-state index in [0.717, 1.165) is 118 Å². The molecule has 3 amide bonds. The number of nitrogens with one attached hydrogen (secondary N) is 2.